The van der Waals surface area contributed by atoms with Gasteiger partial charge in [-0.3, -0.25) is 15.0 Å². The number of rotatable bonds is 11. The maximum absolute atomic E-state index is 12.4. The number of guanidine groups is 1. The maximum Gasteiger partial charge on any atom is 0.408 e. The number of carboxylic acids is 1. The van der Waals surface area contributed by atoms with E-state index in [0.717, 1.165) is 0 Å². The zero-order valence-corrected chi connectivity index (χ0v) is 16.3. The Morgan fingerprint density at radius 2 is 1.68 bits per heavy atom. The second-order valence-electron chi connectivity index (χ2n) is 7.09. The van der Waals surface area contributed by atoms with Gasteiger partial charge < -0.3 is 37.3 Å². The number of ether oxygens (including phenoxy) is 1. The van der Waals surface area contributed by atoms with E-state index in [1.807, 2.05) is 0 Å². The second kappa shape index (κ2) is 11.6. The molecule has 0 aromatic rings. The van der Waals surface area contributed by atoms with Gasteiger partial charge in [0.05, 0.1) is 0 Å². The van der Waals surface area contributed by atoms with Crippen molar-refractivity contribution in [1.29, 1.82) is 5.41 Å². The van der Waals surface area contributed by atoms with Gasteiger partial charge in [-0.1, -0.05) is 0 Å². The number of amides is 3. The van der Waals surface area contributed by atoms with Crippen LogP contribution in [0.4, 0.5) is 4.79 Å². The van der Waals surface area contributed by atoms with Gasteiger partial charge in [0.25, 0.3) is 0 Å². The van der Waals surface area contributed by atoms with Crippen LogP contribution in [0, 0.1) is 5.41 Å². The van der Waals surface area contributed by atoms with Crippen molar-refractivity contribution in [1.82, 2.24) is 16.0 Å². The maximum atomic E-state index is 12.4. The number of alkyl carbamates (subject to hydrolysis) is 1. The van der Waals surface area contributed by atoms with Gasteiger partial charge in [-0.2, -0.15) is 0 Å². The molecule has 0 aromatic heterocycles. The molecule has 0 aliphatic heterocycles. The number of hydrogen-bond donors (Lipinski definition) is 7. The van der Waals surface area contributed by atoms with Gasteiger partial charge in [0.1, 0.15) is 17.7 Å². The van der Waals surface area contributed by atoms with Crippen molar-refractivity contribution in [2.75, 3.05) is 6.54 Å². The molecule has 12 heteroatoms. The second-order valence-corrected chi connectivity index (χ2v) is 7.09. The van der Waals surface area contributed by atoms with Gasteiger partial charge in [0.15, 0.2) is 5.96 Å². The highest BCUT2D eigenvalue weighted by atomic mass is 16.6. The van der Waals surface area contributed by atoms with E-state index in [9.17, 15) is 24.3 Å². The molecule has 0 fully saturated rings. The Bertz CT molecular complexity index is 589. The summed E-state index contributed by atoms with van der Waals surface area (Å²) in [4.78, 5) is 46.8. The molecular weight excluding hydrogens is 372 g/mol. The Labute approximate surface area is 163 Å². The van der Waals surface area contributed by atoms with Crippen LogP contribution in [0.3, 0.4) is 0 Å². The van der Waals surface area contributed by atoms with Crippen LogP contribution in [0.15, 0.2) is 0 Å². The molecule has 9 N–H and O–H groups in total. The number of carbonyl (C=O) groups excluding carboxylic acids is 3. The summed E-state index contributed by atoms with van der Waals surface area (Å²) in [6, 6.07) is -2.42. The van der Waals surface area contributed by atoms with Crippen LogP contribution in [-0.2, 0) is 19.1 Å². The number of primary amides is 1. The zero-order chi connectivity index (χ0) is 21.9. The molecule has 0 heterocycles. The third-order valence-corrected chi connectivity index (χ3v) is 3.29. The SMILES string of the molecule is CC(C)(C)OC(=O)N[C@@H](CCC(N)=O)C(=O)N[C@@H](CCCNC(=N)N)C(=O)O. The van der Waals surface area contributed by atoms with Crippen LogP contribution in [0.25, 0.3) is 0 Å². The molecule has 28 heavy (non-hydrogen) atoms. The Morgan fingerprint density at radius 1 is 1.07 bits per heavy atom. The number of nitrogens with one attached hydrogen (secondary N) is 4. The highest BCUT2D eigenvalue weighted by molar-refractivity contribution is 5.89. The van der Waals surface area contributed by atoms with Gasteiger partial charge in [-0.15, -0.1) is 0 Å². The first kappa shape index (κ1) is 24.9. The predicted molar refractivity (Wildman–Crippen MR) is 100 cm³/mol. The van der Waals surface area contributed by atoms with Crippen LogP contribution < -0.4 is 27.4 Å². The Balaban J connectivity index is 4.95. The quantitative estimate of drug-likeness (QED) is 0.129. The summed E-state index contributed by atoms with van der Waals surface area (Å²) in [5.74, 6) is -2.96. The number of carbonyl (C=O) groups is 4. The van der Waals surface area contributed by atoms with E-state index in [1.54, 1.807) is 20.8 Å². The van der Waals surface area contributed by atoms with E-state index < -0.39 is 41.6 Å². The average molecular weight is 402 g/mol. The van der Waals surface area contributed by atoms with Crippen molar-refractivity contribution in [3.05, 3.63) is 0 Å². The molecule has 12 nitrogen and oxygen atoms in total. The smallest absolute Gasteiger partial charge is 0.408 e. The topological polar surface area (TPSA) is 210 Å². The fraction of sp³-hybridized carbons (Fsp3) is 0.688. The van der Waals surface area contributed by atoms with Gasteiger partial charge in [0, 0.05) is 13.0 Å². The summed E-state index contributed by atoms with van der Waals surface area (Å²) in [7, 11) is 0. The van der Waals surface area contributed by atoms with E-state index in [1.165, 1.54) is 0 Å². The fourth-order valence-electron chi connectivity index (χ4n) is 2.06. The van der Waals surface area contributed by atoms with Crippen molar-refractivity contribution in [3.8, 4) is 0 Å². The molecule has 0 spiro atoms. The first-order chi connectivity index (χ1) is 12.8. The van der Waals surface area contributed by atoms with Crippen LogP contribution >= 0.6 is 0 Å². The minimum absolute atomic E-state index is 0.0658. The monoisotopic (exact) mass is 402 g/mol. The molecule has 3 amide bonds. The van der Waals surface area contributed by atoms with Crippen molar-refractivity contribution in [3.63, 3.8) is 0 Å². The van der Waals surface area contributed by atoms with Crippen molar-refractivity contribution < 1.29 is 29.0 Å². The van der Waals surface area contributed by atoms with Crippen LogP contribution in [0.5, 0.6) is 0 Å². The minimum Gasteiger partial charge on any atom is -0.480 e. The highest BCUT2D eigenvalue weighted by Gasteiger charge is 2.28. The molecule has 0 saturated heterocycles. The molecule has 0 bridgehead atoms. The standard InChI is InChI=1S/C16H30N6O6/c1-16(2,3)28-15(27)22-9(6-7-11(17)23)12(24)21-10(13(25)26)5-4-8-20-14(18)19/h9-10H,4-8H2,1-3H3,(H2,17,23)(H,21,24)(H,22,27)(H,25,26)(H4,18,19,20)/t9-,10-/m0/s1. The number of nitrogens with two attached hydrogens (primary N) is 2. The lowest BCUT2D eigenvalue weighted by Crippen LogP contribution is -2.52. The zero-order valence-electron chi connectivity index (χ0n) is 16.3. The summed E-state index contributed by atoms with van der Waals surface area (Å²) >= 11 is 0. The van der Waals surface area contributed by atoms with Crippen molar-refractivity contribution in [2.45, 2.75) is 64.1 Å². The number of hydrogen-bond acceptors (Lipinski definition) is 6. The van der Waals surface area contributed by atoms with Crippen LogP contribution in [0.1, 0.15) is 46.5 Å². The molecule has 0 aromatic carbocycles. The molecule has 0 unspecified atom stereocenters. The van der Waals surface area contributed by atoms with E-state index in [2.05, 4.69) is 16.0 Å². The van der Waals surface area contributed by atoms with E-state index in [-0.39, 0.29) is 31.8 Å². The van der Waals surface area contributed by atoms with E-state index in [0.29, 0.717) is 6.42 Å². The summed E-state index contributed by atoms with van der Waals surface area (Å²) in [5, 5.41) is 23.5. The predicted octanol–water partition coefficient (Wildman–Crippen LogP) is -1.02. The summed E-state index contributed by atoms with van der Waals surface area (Å²) in [6.45, 7) is 5.18. The Morgan fingerprint density at radius 3 is 2.14 bits per heavy atom. The molecular formula is C16H30N6O6. The molecule has 0 radical (unpaired) electrons. The summed E-state index contributed by atoms with van der Waals surface area (Å²) in [6.07, 6.45) is -0.791. The largest absolute Gasteiger partial charge is 0.480 e. The lowest BCUT2D eigenvalue weighted by Gasteiger charge is -2.24. The molecule has 160 valence electrons. The molecule has 0 aliphatic carbocycles. The first-order valence-corrected chi connectivity index (χ1v) is 8.70. The lowest BCUT2D eigenvalue weighted by atomic mass is 10.1. The average Bonchev–Trinajstić information content (AvgIpc) is 2.51. The van der Waals surface area contributed by atoms with Gasteiger partial charge in [-0.05, 0) is 40.0 Å². The third kappa shape index (κ3) is 12.3. The number of carboxylic acid groups (broad SMARTS) is 1. The van der Waals surface area contributed by atoms with Crippen LogP contribution in [0.2, 0.25) is 0 Å². The molecule has 0 rings (SSSR count). The molecule has 2 atom stereocenters. The van der Waals surface area contributed by atoms with Crippen molar-refractivity contribution >= 4 is 29.8 Å². The van der Waals surface area contributed by atoms with E-state index in [4.69, 9.17) is 21.6 Å². The molecule has 0 saturated carbocycles. The lowest BCUT2D eigenvalue weighted by molar-refractivity contribution is -0.142. The van der Waals surface area contributed by atoms with Gasteiger partial charge in [0.2, 0.25) is 11.8 Å². The van der Waals surface area contributed by atoms with Gasteiger partial charge >= 0.3 is 12.1 Å². The first-order valence-electron chi connectivity index (χ1n) is 8.70. The highest BCUT2D eigenvalue weighted by Crippen LogP contribution is 2.08. The Kier molecular flexibility index (Phi) is 10.4. The minimum atomic E-state index is -1.26. The van der Waals surface area contributed by atoms with Gasteiger partial charge in [-0.25, -0.2) is 9.59 Å². The fourth-order valence-corrected chi connectivity index (χ4v) is 2.06. The number of aliphatic carboxylic acids is 1. The molecule has 0 aliphatic rings. The normalized spacial score (nSPS) is 13.0. The summed E-state index contributed by atoms with van der Waals surface area (Å²) in [5.41, 5.74) is 9.42. The van der Waals surface area contributed by atoms with E-state index >= 15 is 0 Å². The van der Waals surface area contributed by atoms with Crippen molar-refractivity contribution in [2.24, 2.45) is 11.5 Å². The van der Waals surface area contributed by atoms with Crippen LogP contribution in [-0.4, -0.2) is 59.2 Å². The third-order valence-electron chi connectivity index (χ3n) is 3.29. The Hall–Kier alpha value is -3.05. The summed E-state index contributed by atoms with van der Waals surface area (Å²) < 4.78 is 5.08.